The maximum Gasteiger partial charge on any atom is 0.0462 e. The Morgan fingerprint density at radius 2 is 1.81 bits per heavy atom. The maximum absolute atomic E-state index is 6.34. The zero-order chi connectivity index (χ0) is 15.2. The lowest BCUT2D eigenvalue weighted by molar-refractivity contribution is 0.718. The van der Waals surface area contributed by atoms with Crippen molar-refractivity contribution in [2.45, 2.75) is 43.0 Å². The average Bonchev–Trinajstić information content (AvgIpc) is 2.47. The molecule has 1 N–H and O–H groups in total. The van der Waals surface area contributed by atoms with Gasteiger partial charge in [-0.1, -0.05) is 62.3 Å². The fourth-order valence-corrected chi connectivity index (χ4v) is 3.38. The van der Waals surface area contributed by atoms with Gasteiger partial charge in [0.05, 0.1) is 0 Å². The highest BCUT2D eigenvalue weighted by molar-refractivity contribution is 7.99. The summed E-state index contributed by atoms with van der Waals surface area (Å²) in [7, 11) is 0. The predicted octanol–water partition coefficient (Wildman–Crippen LogP) is 5.72. The van der Waals surface area contributed by atoms with Crippen molar-refractivity contribution in [3.63, 3.8) is 0 Å². The van der Waals surface area contributed by atoms with E-state index in [1.54, 1.807) is 11.8 Å². The fourth-order valence-electron chi connectivity index (χ4n) is 2.10. The first-order valence-corrected chi connectivity index (χ1v) is 8.57. The van der Waals surface area contributed by atoms with Crippen LogP contribution in [-0.2, 0) is 6.54 Å². The number of hydrogen-bond acceptors (Lipinski definition) is 2. The molecule has 3 heteroatoms. The van der Waals surface area contributed by atoms with Crippen LogP contribution in [0.5, 0.6) is 0 Å². The van der Waals surface area contributed by atoms with Crippen LogP contribution in [0.25, 0.3) is 0 Å². The lowest BCUT2D eigenvalue weighted by Gasteiger charge is -2.12. The van der Waals surface area contributed by atoms with Crippen LogP contribution in [0.15, 0.2) is 52.3 Å². The van der Waals surface area contributed by atoms with Gasteiger partial charge in [-0.05, 0) is 47.9 Å². The molecule has 0 heterocycles. The number of halogens is 1. The van der Waals surface area contributed by atoms with Crippen LogP contribution in [0.3, 0.4) is 0 Å². The van der Waals surface area contributed by atoms with Gasteiger partial charge >= 0.3 is 0 Å². The van der Waals surface area contributed by atoms with Gasteiger partial charge in [0, 0.05) is 21.4 Å². The molecular weight excluding hydrogens is 298 g/mol. The summed E-state index contributed by atoms with van der Waals surface area (Å²) in [6.07, 6.45) is 0. The maximum atomic E-state index is 6.34. The van der Waals surface area contributed by atoms with Gasteiger partial charge in [0.25, 0.3) is 0 Å². The number of nitrogens with one attached hydrogen (secondary N) is 1. The first kappa shape index (κ1) is 16.4. The van der Waals surface area contributed by atoms with Crippen LogP contribution in [-0.4, -0.2) is 6.54 Å². The third kappa shape index (κ3) is 4.50. The van der Waals surface area contributed by atoms with Crippen molar-refractivity contribution >= 4 is 23.4 Å². The highest BCUT2D eigenvalue weighted by atomic mass is 35.5. The Bertz CT molecular complexity index is 578. The van der Waals surface area contributed by atoms with Gasteiger partial charge < -0.3 is 5.32 Å². The Morgan fingerprint density at radius 1 is 1.10 bits per heavy atom. The third-order valence-corrected chi connectivity index (χ3v) is 4.87. The second kappa shape index (κ2) is 7.88. The zero-order valence-electron chi connectivity index (χ0n) is 12.8. The lowest BCUT2D eigenvalue weighted by Crippen LogP contribution is -2.12. The molecule has 0 saturated heterocycles. The molecule has 0 saturated carbocycles. The molecule has 0 aliphatic heterocycles. The molecule has 0 aliphatic carbocycles. The Kier molecular flexibility index (Phi) is 6.16. The minimum absolute atomic E-state index is 0.569. The van der Waals surface area contributed by atoms with Gasteiger partial charge in [-0.2, -0.15) is 0 Å². The molecule has 0 unspecified atom stereocenters. The van der Waals surface area contributed by atoms with E-state index < -0.39 is 0 Å². The van der Waals surface area contributed by atoms with Crippen LogP contribution < -0.4 is 5.32 Å². The number of benzene rings is 2. The Hall–Kier alpha value is -0.960. The smallest absolute Gasteiger partial charge is 0.0462 e. The molecule has 2 rings (SSSR count). The molecular formula is C18H22ClNS. The van der Waals surface area contributed by atoms with Crippen molar-refractivity contribution in [2.75, 3.05) is 6.54 Å². The van der Waals surface area contributed by atoms with E-state index in [0.29, 0.717) is 5.92 Å². The van der Waals surface area contributed by atoms with E-state index in [0.717, 1.165) is 18.1 Å². The van der Waals surface area contributed by atoms with E-state index in [1.165, 1.54) is 20.9 Å². The zero-order valence-corrected chi connectivity index (χ0v) is 14.4. The molecule has 0 radical (unpaired) electrons. The molecule has 0 fully saturated rings. The minimum Gasteiger partial charge on any atom is -0.313 e. The molecule has 0 amide bonds. The van der Waals surface area contributed by atoms with E-state index in [2.05, 4.69) is 56.4 Å². The lowest BCUT2D eigenvalue weighted by atomic mass is 10.0. The molecule has 0 bridgehead atoms. The van der Waals surface area contributed by atoms with Gasteiger partial charge in [-0.15, -0.1) is 0 Å². The molecule has 21 heavy (non-hydrogen) atoms. The van der Waals surface area contributed by atoms with Crippen LogP contribution in [0.2, 0.25) is 5.02 Å². The van der Waals surface area contributed by atoms with Crippen LogP contribution in [0.4, 0.5) is 0 Å². The van der Waals surface area contributed by atoms with Crippen molar-refractivity contribution < 1.29 is 0 Å². The summed E-state index contributed by atoms with van der Waals surface area (Å²) in [5.74, 6) is 0.569. The molecule has 2 aromatic carbocycles. The van der Waals surface area contributed by atoms with Crippen LogP contribution in [0.1, 0.15) is 37.8 Å². The second-order valence-corrected chi connectivity index (χ2v) is 6.85. The van der Waals surface area contributed by atoms with Crippen molar-refractivity contribution in [1.82, 2.24) is 5.32 Å². The van der Waals surface area contributed by atoms with E-state index >= 15 is 0 Å². The van der Waals surface area contributed by atoms with Crippen LogP contribution >= 0.6 is 23.4 Å². The number of rotatable bonds is 6. The quantitative estimate of drug-likeness (QED) is 0.730. The normalized spacial score (nSPS) is 11.1. The van der Waals surface area contributed by atoms with E-state index in [1.807, 2.05) is 12.1 Å². The molecule has 0 spiro atoms. The fraction of sp³-hybridized carbons (Fsp3) is 0.333. The molecule has 1 nitrogen and oxygen atoms in total. The minimum atomic E-state index is 0.569. The SMILES string of the molecule is CCNCc1c(Cl)cccc1Sc1ccc(C(C)C)cc1. The summed E-state index contributed by atoms with van der Waals surface area (Å²) in [5, 5.41) is 4.19. The molecule has 0 atom stereocenters. The number of hydrogen-bond donors (Lipinski definition) is 1. The Morgan fingerprint density at radius 3 is 2.43 bits per heavy atom. The Balaban J connectivity index is 2.20. The largest absolute Gasteiger partial charge is 0.313 e. The molecule has 2 aromatic rings. The van der Waals surface area contributed by atoms with E-state index in [-0.39, 0.29) is 0 Å². The summed E-state index contributed by atoms with van der Waals surface area (Å²) in [5.41, 5.74) is 2.55. The summed E-state index contributed by atoms with van der Waals surface area (Å²) in [6.45, 7) is 8.29. The molecule has 0 aromatic heterocycles. The van der Waals surface area contributed by atoms with Crippen molar-refractivity contribution in [1.29, 1.82) is 0 Å². The van der Waals surface area contributed by atoms with Crippen LogP contribution in [0, 0.1) is 0 Å². The van der Waals surface area contributed by atoms with Gasteiger partial charge in [-0.3, -0.25) is 0 Å². The van der Waals surface area contributed by atoms with Gasteiger partial charge in [-0.25, -0.2) is 0 Å². The van der Waals surface area contributed by atoms with E-state index in [9.17, 15) is 0 Å². The highest BCUT2D eigenvalue weighted by Gasteiger charge is 2.08. The Labute approximate surface area is 137 Å². The summed E-state index contributed by atoms with van der Waals surface area (Å²) in [4.78, 5) is 2.47. The monoisotopic (exact) mass is 319 g/mol. The summed E-state index contributed by atoms with van der Waals surface area (Å²) >= 11 is 8.12. The van der Waals surface area contributed by atoms with Crippen molar-refractivity contribution in [3.05, 3.63) is 58.6 Å². The summed E-state index contributed by atoms with van der Waals surface area (Å²) in [6, 6.07) is 14.9. The predicted molar refractivity (Wildman–Crippen MR) is 93.5 cm³/mol. The summed E-state index contributed by atoms with van der Waals surface area (Å²) < 4.78 is 0. The van der Waals surface area contributed by atoms with Crippen molar-refractivity contribution in [2.24, 2.45) is 0 Å². The average molecular weight is 320 g/mol. The second-order valence-electron chi connectivity index (χ2n) is 5.32. The first-order chi connectivity index (χ1) is 10.1. The first-order valence-electron chi connectivity index (χ1n) is 7.37. The van der Waals surface area contributed by atoms with E-state index in [4.69, 9.17) is 11.6 Å². The molecule has 0 aliphatic rings. The van der Waals surface area contributed by atoms with Crippen molar-refractivity contribution in [3.8, 4) is 0 Å². The third-order valence-electron chi connectivity index (χ3n) is 3.40. The highest BCUT2D eigenvalue weighted by Crippen LogP contribution is 2.34. The topological polar surface area (TPSA) is 12.0 Å². The van der Waals surface area contributed by atoms with Gasteiger partial charge in [0.1, 0.15) is 0 Å². The standard InChI is InChI=1S/C18H22ClNS/c1-4-20-12-16-17(19)6-5-7-18(16)21-15-10-8-14(9-11-15)13(2)3/h5-11,13,20H,4,12H2,1-3H3. The van der Waals surface area contributed by atoms with Gasteiger partial charge in [0.15, 0.2) is 0 Å². The van der Waals surface area contributed by atoms with Gasteiger partial charge in [0.2, 0.25) is 0 Å². The molecule has 112 valence electrons.